The maximum atomic E-state index is 12.1. The molecule has 0 aromatic rings. The smallest absolute Gasteiger partial charge is 0.790 e. The predicted octanol–water partition coefficient (Wildman–Crippen LogP) is 0.205. The van der Waals surface area contributed by atoms with Gasteiger partial charge in [-0.2, -0.15) is 0 Å². The molecular formula is C33H61Na2O9PS. The Morgan fingerprint density at radius 2 is 1.17 bits per heavy atom. The maximum Gasteiger partial charge on any atom is 1.00 e. The van der Waals surface area contributed by atoms with E-state index in [9.17, 15) is 28.7 Å². The Morgan fingerprint density at radius 3 is 1.61 bits per heavy atom. The van der Waals surface area contributed by atoms with Crippen LogP contribution in [0.2, 0.25) is 0 Å². The van der Waals surface area contributed by atoms with E-state index in [0.29, 0.717) is 6.42 Å². The Hall–Kier alpha value is -1.57. The van der Waals surface area contributed by atoms with Crippen molar-refractivity contribution < 1.29 is 118 Å². The van der Waals surface area contributed by atoms with E-state index in [0.717, 1.165) is 19.3 Å². The molecule has 13 heteroatoms. The van der Waals surface area contributed by atoms with Gasteiger partial charge in [0, 0.05) is 35.0 Å². The first-order chi connectivity index (χ1) is 21.0. The summed E-state index contributed by atoms with van der Waals surface area (Å²) in [6.45, 7) is 2.26. The topological polar surface area (TPSA) is 142 Å². The van der Waals surface area contributed by atoms with Crippen molar-refractivity contribution in [2.45, 2.75) is 103 Å². The van der Waals surface area contributed by atoms with Crippen molar-refractivity contribution in [3.8, 4) is 71.5 Å². The molecule has 46 heavy (non-hydrogen) atoms. The number of ether oxygens (including phenoxy) is 2. The second kappa shape index (κ2) is 37.9. The summed E-state index contributed by atoms with van der Waals surface area (Å²) in [5.41, 5.74) is 0. The molecule has 0 saturated heterocycles. The van der Waals surface area contributed by atoms with Crippen LogP contribution in [0.1, 0.15) is 113 Å². The monoisotopic (exact) mass is 710 g/mol. The summed E-state index contributed by atoms with van der Waals surface area (Å²) in [5.74, 6) is 23.5. The first-order valence-electron chi connectivity index (χ1n) is 14.2. The SMILES string of the molecule is C#CC#CC#CC#CC#CC#CC(=O)OC[C@H](COP(=O)([O-])[O-])OC(=O)CCCCCCCCCCCCCC.CC(=O)S.[HH].[HH].[HH].[HH].[HH].[HH].[HH].[HH].[HH].[HH].[HH].[Na+].[Na+]. The number of unbranched alkanes of at least 4 members (excludes halogenated alkanes) is 11. The van der Waals surface area contributed by atoms with Gasteiger partial charge < -0.3 is 28.3 Å². The van der Waals surface area contributed by atoms with Crippen LogP contribution >= 0.6 is 20.5 Å². The number of rotatable bonds is 19. The fourth-order valence-electron chi connectivity index (χ4n) is 3.19. The van der Waals surface area contributed by atoms with Gasteiger partial charge in [0.2, 0.25) is 0 Å². The van der Waals surface area contributed by atoms with Gasteiger partial charge in [0.25, 0.3) is 0 Å². The Labute approximate surface area is 341 Å². The summed E-state index contributed by atoms with van der Waals surface area (Å²) in [4.78, 5) is 54.8. The van der Waals surface area contributed by atoms with Gasteiger partial charge in [0.05, 0.1) is 14.4 Å². The third-order valence-corrected chi connectivity index (χ3v) is 5.55. The number of esters is 2. The fourth-order valence-corrected chi connectivity index (χ4v) is 3.54. The zero-order valence-corrected chi connectivity index (χ0v) is 33.1. The van der Waals surface area contributed by atoms with E-state index in [1.807, 2.05) is 0 Å². The molecule has 0 unspecified atom stereocenters. The number of hydrogen-bond donors (Lipinski definition) is 1. The van der Waals surface area contributed by atoms with E-state index in [1.165, 1.54) is 58.3 Å². The Balaban J connectivity index is -0.0000000759. The van der Waals surface area contributed by atoms with Crippen molar-refractivity contribution in [2.24, 2.45) is 0 Å². The van der Waals surface area contributed by atoms with Gasteiger partial charge in [-0.05, 0) is 65.6 Å². The van der Waals surface area contributed by atoms with E-state index in [4.69, 9.17) is 15.9 Å². The zero-order chi connectivity index (χ0) is 33.3. The summed E-state index contributed by atoms with van der Waals surface area (Å²) in [7, 11) is -5.32. The number of thiol groups is 1. The van der Waals surface area contributed by atoms with Crippen LogP contribution in [-0.4, -0.2) is 36.4 Å². The molecule has 0 N–H and O–H groups in total. The van der Waals surface area contributed by atoms with E-state index in [1.54, 1.807) is 0 Å². The van der Waals surface area contributed by atoms with Crippen molar-refractivity contribution >= 4 is 37.5 Å². The molecule has 9 nitrogen and oxygen atoms in total. The first kappa shape index (κ1) is 51.3. The molecule has 0 aliphatic heterocycles. The molecule has 0 aliphatic rings. The zero-order valence-electron chi connectivity index (χ0n) is 27.3. The van der Waals surface area contributed by atoms with Gasteiger partial charge in [-0.25, -0.2) is 4.79 Å². The van der Waals surface area contributed by atoms with Crippen LogP contribution in [0.4, 0.5) is 0 Å². The van der Waals surface area contributed by atoms with Crippen LogP contribution < -0.4 is 68.9 Å². The number of phosphoric acid groups is 1. The van der Waals surface area contributed by atoms with Crippen LogP contribution in [0, 0.1) is 71.5 Å². The molecule has 0 heterocycles. The molecule has 260 valence electrons. The van der Waals surface area contributed by atoms with Gasteiger partial charge in [0.1, 0.15) is 6.61 Å². The Kier molecular flexibility index (Phi) is 42.2. The van der Waals surface area contributed by atoms with Crippen LogP contribution in [0.15, 0.2) is 0 Å². The van der Waals surface area contributed by atoms with E-state index in [2.05, 4.69) is 89.2 Å². The first-order valence-corrected chi connectivity index (χ1v) is 16.1. The minimum absolute atomic E-state index is 0. The predicted molar refractivity (Wildman–Crippen MR) is 191 cm³/mol. The van der Waals surface area contributed by atoms with Gasteiger partial charge in [-0.3, -0.25) is 9.59 Å². The average Bonchev–Trinajstić information content (AvgIpc) is 2.95. The van der Waals surface area contributed by atoms with Crippen molar-refractivity contribution in [1.82, 2.24) is 0 Å². The molecule has 0 saturated carbocycles. The summed E-state index contributed by atoms with van der Waals surface area (Å²) < 4.78 is 25.0. The quantitative estimate of drug-likeness (QED) is 0.0379. The van der Waals surface area contributed by atoms with Gasteiger partial charge >= 0.3 is 71.1 Å². The molecular weight excluding hydrogens is 649 g/mol. The molecule has 0 aliphatic carbocycles. The summed E-state index contributed by atoms with van der Waals surface area (Å²) in [5, 5.41) is -0.139. The summed E-state index contributed by atoms with van der Waals surface area (Å²) in [6.07, 6.45) is 17.4. The number of carbonyl (C=O) groups excluding carboxylic acids is 3. The van der Waals surface area contributed by atoms with Crippen molar-refractivity contribution in [3.63, 3.8) is 0 Å². The van der Waals surface area contributed by atoms with Gasteiger partial charge in [-0.15, -0.1) is 19.1 Å². The molecule has 0 radical (unpaired) electrons. The number of hydrogen-bond acceptors (Lipinski definition) is 9. The van der Waals surface area contributed by atoms with E-state index < -0.39 is 39.1 Å². The van der Waals surface area contributed by atoms with E-state index >= 15 is 0 Å². The summed E-state index contributed by atoms with van der Waals surface area (Å²) in [6, 6.07) is 0. The Bertz CT molecular complexity index is 1320. The molecule has 0 amide bonds. The number of phosphoric ester groups is 1. The van der Waals surface area contributed by atoms with Crippen molar-refractivity contribution in [2.75, 3.05) is 13.2 Å². The average molecular weight is 711 g/mol. The maximum absolute atomic E-state index is 12.1. The molecule has 0 spiro atoms. The van der Waals surface area contributed by atoms with E-state index in [-0.39, 0.29) is 86.3 Å². The second-order valence-corrected chi connectivity index (χ2v) is 10.8. The van der Waals surface area contributed by atoms with Crippen molar-refractivity contribution in [3.05, 3.63) is 0 Å². The van der Waals surface area contributed by atoms with Crippen molar-refractivity contribution in [1.29, 1.82) is 0 Å². The molecule has 0 aromatic carbocycles. The van der Waals surface area contributed by atoms with Gasteiger partial charge in [-0.1, -0.05) is 77.6 Å². The van der Waals surface area contributed by atoms with Crippen LogP contribution in [-0.2, 0) is 32.9 Å². The third kappa shape index (κ3) is 46.8. The minimum atomic E-state index is -5.32. The molecule has 1 atom stereocenters. The van der Waals surface area contributed by atoms with Gasteiger partial charge in [0.15, 0.2) is 11.2 Å². The normalized spacial score (nSPS) is 9.39. The summed E-state index contributed by atoms with van der Waals surface area (Å²) >= 11 is 3.33. The van der Waals surface area contributed by atoms with Crippen LogP contribution in [0.5, 0.6) is 0 Å². The molecule has 0 bridgehead atoms. The third-order valence-electron chi connectivity index (χ3n) is 5.09. The molecule has 0 aromatic heterocycles. The number of terminal acetylenes is 1. The van der Waals surface area contributed by atoms with Crippen LogP contribution in [0.3, 0.4) is 0 Å². The van der Waals surface area contributed by atoms with Crippen LogP contribution in [0.25, 0.3) is 0 Å². The number of carbonyl (C=O) groups is 3. The largest absolute Gasteiger partial charge is 1.00 e. The standard InChI is InChI=1S/C31H37O8P.C2H4OS.2Na.11H2/c1-3-5-7-9-11-13-15-16-18-20-22-24-26-31(33)39-29(28-38-40(34,35)36)27-37-30(32)25-23-21-19-17-14-12-10-8-6-4-2;1-2(3)4;;;;;;;;;;;;;/h2,29H,3,5,7,9,11,13,15-16,18,20,22,24,26-28H2,1H3,(H2,34,35,36);1H3,(H,3,4);;;11*1H/q;;2*+1;;;;;;;;;;;/p-2/t29-;;;;;;;;;;;;;;/m1............../s1. The Morgan fingerprint density at radius 1 is 0.761 bits per heavy atom. The molecule has 0 fully saturated rings. The minimum Gasteiger partial charge on any atom is -0.790 e. The molecule has 0 rings (SSSR count). The fraction of sp³-hybridized carbons (Fsp3) is 0.545. The second-order valence-electron chi connectivity index (χ2n) is 9.01.